The first kappa shape index (κ1) is 26.7. The molecule has 1 aliphatic heterocycles. The molecule has 35 heavy (non-hydrogen) atoms. The first-order chi connectivity index (χ1) is 16.6. The van der Waals surface area contributed by atoms with Gasteiger partial charge in [-0.25, -0.2) is 9.78 Å². The van der Waals surface area contributed by atoms with Gasteiger partial charge < -0.3 is 19.5 Å². The van der Waals surface area contributed by atoms with Crippen molar-refractivity contribution >= 4 is 11.9 Å². The van der Waals surface area contributed by atoms with E-state index in [4.69, 9.17) is 14.4 Å². The number of esters is 1. The Bertz CT molecular complexity index is 987. The molecule has 1 fully saturated rings. The highest BCUT2D eigenvalue weighted by molar-refractivity contribution is 5.95. The van der Waals surface area contributed by atoms with E-state index < -0.39 is 29.3 Å². The van der Waals surface area contributed by atoms with E-state index in [0.29, 0.717) is 17.9 Å². The average Bonchev–Trinajstić information content (AvgIpc) is 3.05. The third-order valence-corrected chi connectivity index (χ3v) is 5.92. The Labute approximate surface area is 206 Å². The highest BCUT2D eigenvalue weighted by Crippen LogP contribution is 2.43. The van der Waals surface area contributed by atoms with Crippen molar-refractivity contribution in [3.8, 4) is 5.75 Å². The Morgan fingerprint density at radius 2 is 1.80 bits per heavy atom. The zero-order valence-electron chi connectivity index (χ0n) is 21.0. The number of aliphatic hydroxyl groups is 1. The molecule has 0 saturated carbocycles. The van der Waals surface area contributed by atoms with Crippen molar-refractivity contribution in [3.05, 3.63) is 65.7 Å². The van der Waals surface area contributed by atoms with Gasteiger partial charge in [-0.15, -0.1) is 0 Å². The van der Waals surface area contributed by atoms with E-state index in [1.807, 2.05) is 30.3 Å². The van der Waals surface area contributed by atoms with E-state index in [-0.39, 0.29) is 25.4 Å². The minimum atomic E-state index is -1.28. The minimum Gasteiger partial charge on any atom is -0.489 e. The summed E-state index contributed by atoms with van der Waals surface area (Å²) in [6.45, 7) is 7.57. The van der Waals surface area contributed by atoms with E-state index in [1.165, 1.54) is 12.0 Å². The molecule has 8 heteroatoms. The van der Waals surface area contributed by atoms with Crippen molar-refractivity contribution in [2.75, 3.05) is 13.7 Å². The maximum Gasteiger partial charge on any atom is 0.307 e. The van der Waals surface area contributed by atoms with Gasteiger partial charge in [-0.05, 0) is 51.0 Å². The van der Waals surface area contributed by atoms with Gasteiger partial charge in [0, 0.05) is 6.42 Å². The lowest BCUT2D eigenvalue weighted by molar-refractivity contribution is -0.280. The predicted octanol–water partition coefficient (Wildman–Crippen LogP) is 3.75. The molecule has 0 aromatic heterocycles. The largest absolute Gasteiger partial charge is 0.489 e. The van der Waals surface area contributed by atoms with Gasteiger partial charge in [0.2, 0.25) is 5.91 Å². The summed E-state index contributed by atoms with van der Waals surface area (Å²) in [5, 5.41) is 10.9. The van der Waals surface area contributed by atoms with Crippen LogP contribution in [0.2, 0.25) is 0 Å². The third kappa shape index (κ3) is 6.60. The van der Waals surface area contributed by atoms with Gasteiger partial charge in [-0.3, -0.25) is 9.59 Å². The molecule has 2 aromatic carbocycles. The van der Waals surface area contributed by atoms with E-state index in [1.54, 1.807) is 52.0 Å². The molecule has 3 rings (SSSR count). The summed E-state index contributed by atoms with van der Waals surface area (Å²) in [7, 11) is 1.38. The van der Waals surface area contributed by atoms with Gasteiger partial charge in [0.25, 0.3) is 0 Å². The molecular formula is C27H35NO7. The van der Waals surface area contributed by atoms with Crippen molar-refractivity contribution < 1.29 is 33.9 Å². The molecule has 1 aliphatic rings. The van der Waals surface area contributed by atoms with Crippen molar-refractivity contribution in [1.29, 1.82) is 0 Å². The van der Waals surface area contributed by atoms with E-state index >= 15 is 0 Å². The Morgan fingerprint density at radius 1 is 1.14 bits per heavy atom. The number of likely N-dealkylation sites (tertiary alicyclic amines) is 1. The predicted molar refractivity (Wildman–Crippen MR) is 129 cm³/mol. The zero-order valence-corrected chi connectivity index (χ0v) is 21.0. The molecule has 1 saturated heterocycles. The van der Waals surface area contributed by atoms with E-state index in [2.05, 4.69) is 4.89 Å². The fraction of sp³-hybridized carbons (Fsp3) is 0.481. The minimum absolute atomic E-state index is 0.0482. The van der Waals surface area contributed by atoms with E-state index in [0.717, 1.165) is 5.56 Å². The standard InChI is InChI=1S/C27H35NO7/c1-19(17-34-32-5)28-23(29)15-27(25(28)31,16-24(30)35-26(2,3)4)21-11-13-22(14-12-21)33-18-20-9-7-6-8-10-20/h6-14,19,23,29H,15-18H2,1-5H3/t19-,23?,27?/m1/s1. The fourth-order valence-electron chi connectivity index (χ4n) is 4.35. The lowest BCUT2D eigenvalue weighted by Crippen LogP contribution is -2.46. The Hall–Kier alpha value is -2.94. The molecule has 8 nitrogen and oxygen atoms in total. The number of hydrogen-bond donors (Lipinski definition) is 1. The van der Waals surface area contributed by atoms with Crippen LogP contribution in [0.25, 0.3) is 0 Å². The molecule has 1 N–H and O–H groups in total. The molecule has 2 aromatic rings. The van der Waals surface area contributed by atoms with E-state index in [9.17, 15) is 14.7 Å². The summed E-state index contributed by atoms with van der Waals surface area (Å²) in [5.74, 6) is -0.235. The number of carbonyl (C=O) groups is 2. The molecule has 1 amide bonds. The number of ether oxygens (including phenoxy) is 2. The lowest BCUT2D eigenvalue weighted by atomic mass is 9.75. The van der Waals surface area contributed by atoms with Crippen LogP contribution in [-0.4, -0.2) is 53.5 Å². The Kier molecular flexibility index (Phi) is 8.53. The molecule has 0 bridgehead atoms. The van der Waals surface area contributed by atoms with Crippen LogP contribution in [-0.2, 0) is 36.1 Å². The van der Waals surface area contributed by atoms with Crippen LogP contribution < -0.4 is 4.74 Å². The van der Waals surface area contributed by atoms with Crippen molar-refractivity contribution in [1.82, 2.24) is 4.90 Å². The van der Waals surface area contributed by atoms with Crippen molar-refractivity contribution in [2.45, 2.75) is 70.4 Å². The highest BCUT2D eigenvalue weighted by atomic mass is 17.2. The molecule has 2 unspecified atom stereocenters. The maximum absolute atomic E-state index is 13.8. The summed E-state index contributed by atoms with van der Waals surface area (Å²) >= 11 is 0. The third-order valence-electron chi connectivity index (χ3n) is 5.92. The summed E-state index contributed by atoms with van der Waals surface area (Å²) in [5.41, 5.74) is -0.328. The van der Waals surface area contributed by atoms with Crippen molar-refractivity contribution in [3.63, 3.8) is 0 Å². The molecule has 1 heterocycles. The van der Waals surface area contributed by atoms with Gasteiger partial charge in [0.15, 0.2) is 0 Å². The molecule has 190 valence electrons. The fourth-order valence-corrected chi connectivity index (χ4v) is 4.35. The number of benzene rings is 2. The Morgan fingerprint density at radius 3 is 2.40 bits per heavy atom. The van der Waals surface area contributed by atoms with Gasteiger partial charge in [0.05, 0.1) is 25.0 Å². The van der Waals surface area contributed by atoms with Gasteiger partial charge in [0.1, 0.15) is 30.8 Å². The van der Waals surface area contributed by atoms with Crippen LogP contribution in [0.1, 0.15) is 51.7 Å². The van der Waals surface area contributed by atoms with Crippen LogP contribution in [0.3, 0.4) is 0 Å². The average molecular weight is 486 g/mol. The number of carbonyl (C=O) groups excluding carboxylic acids is 2. The first-order valence-corrected chi connectivity index (χ1v) is 11.7. The van der Waals surface area contributed by atoms with Crippen LogP contribution >= 0.6 is 0 Å². The molecule has 0 aliphatic carbocycles. The smallest absolute Gasteiger partial charge is 0.307 e. The molecule has 0 radical (unpaired) electrons. The lowest BCUT2D eigenvalue weighted by Gasteiger charge is -2.31. The number of hydrogen-bond acceptors (Lipinski definition) is 7. The normalized spacial score (nSPS) is 21.1. The van der Waals surface area contributed by atoms with Crippen LogP contribution in [0.15, 0.2) is 54.6 Å². The quantitative estimate of drug-likeness (QED) is 0.311. The summed E-state index contributed by atoms with van der Waals surface area (Å²) in [4.78, 5) is 37.6. The number of rotatable bonds is 10. The monoisotopic (exact) mass is 485 g/mol. The SMILES string of the molecule is COOC[C@@H](C)N1C(=O)C(CC(=O)OC(C)(C)C)(c2ccc(OCc3ccccc3)cc2)CC1O. The Balaban J connectivity index is 1.87. The topological polar surface area (TPSA) is 94.5 Å². The second-order valence-electron chi connectivity index (χ2n) is 9.84. The van der Waals surface area contributed by atoms with Crippen LogP contribution in [0, 0.1) is 0 Å². The second kappa shape index (κ2) is 11.2. The number of nitrogens with zero attached hydrogens (tertiary/aromatic N) is 1. The molecule has 3 atom stereocenters. The number of amides is 1. The maximum atomic E-state index is 13.8. The van der Waals surface area contributed by atoms with Crippen LogP contribution in [0.4, 0.5) is 0 Å². The second-order valence-corrected chi connectivity index (χ2v) is 9.84. The van der Waals surface area contributed by atoms with Gasteiger partial charge in [-0.2, -0.15) is 0 Å². The highest BCUT2D eigenvalue weighted by Gasteiger charge is 2.55. The zero-order chi connectivity index (χ0) is 25.6. The summed E-state index contributed by atoms with van der Waals surface area (Å²) < 4.78 is 11.4. The summed E-state index contributed by atoms with van der Waals surface area (Å²) in [6.07, 6.45) is -1.24. The first-order valence-electron chi connectivity index (χ1n) is 11.7. The molecule has 0 spiro atoms. The van der Waals surface area contributed by atoms with Crippen LogP contribution in [0.5, 0.6) is 5.75 Å². The van der Waals surface area contributed by atoms with Crippen molar-refractivity contribution in [2.24, 2.45) is 0 Å². The summed E-state index contributed by atoms with van der Waals surface area (Å²) in [6, 6.07) is 16.4. The number of aliphatic hydroxyl groups excluding tert-OH is 1. The molecular weight excluding hydrogens is 450 g/mol. The van der Waals surface area contributed by atoms with Gasteiger partial charge >= 0.3 is 5.97 Å². The van der Waals surface area contributed by atoms with Gasteiger partial charge in [-0.1, -0.05) is 42.5 Å².